The number of rotatable bonds is 8. The normalized spacial score (nSPS) is 11.1. The maximum Gasteiger partial charge on any atom is 0.189 e. The second-order valence-electron chi connectivity index (χ2n) is 6.83. The third kappa shape index (κ3) is 5.43. The van der Waals surface area contributed by atoms with Gasteiger partial charge in [-0.1, -0.05) is 36.4 Å². The maximum atomic E-state index is 12.6. The summed E-state index contributed by atoms with van der Waals surface area (Å²) in [7, 11) is 3.09. The highest BCUT2D eigenvalue weighted by atomic mass is 16.5. The Balaban J connectivity index is 1.84. The van der Waals surface area contributed by atoms with Crippen LogP contribution >= 0.6 is 0 Å². The van der Waals surface area contributed by atoms with Crippen LogP contribution in [0, 0.1) is 0 Å². The van der Waals surface area contributed by atoms with E-state index in [-0.39, 0.29) is 11.1 Å². The van der Waals surface area contributed by atoms with Crippen LogP contribution < -0.4 is 9.47 Å². The second-order valence-corrected chi connectivity index (χ2v) is 6.83. The van der Waals surface area contributed by atoms with Gasteiger partial charge < -0.3 is 19.7 Å². The monoisotopic (exact) mass is 430 g/mol. The molecule has 0 radical (unpaired) electrons. The van der Waals surface area contributed by atoms with Gasteiger partial charge in [0.1, 0.15) is 23.0 Å². The molecular weight excluding hydrogens is 408 g/mol. The molecule has 3 aromatic rings. The molecule has 6 nitrogen and oxygen atoms in total. The molecule has 6 heteroatoms. The fourth-order valence-corrected chi connectivity index (χ4v) is 2.99. The highest BCUT2D eigenvalue weighted by Gasteiger charge is 2.17. The van der Waals surface area contributed by atoms with E-state index in [0.29, 0.717) is 11.5 Å². The van der Waals surface area contributed by atoms with Gasteiger partial charge in [0.15, 0.2) is 11.6 Å². The molecule has 0 saturated carbocycles. The smallest absolute Gasteiger partial charge is 0.189 e. The lowest BCUT2D eigenvalue weighted by Gasteiger charge is -2.07. The van der Waals surface area contributed by atoms with Crippen LogP contribution in [0.2, 0.25) is 0 Å². The molecule has 0 atom stereocenters. The van der Waals surface area contributed by atoms with Gasteiger partial charge in [-0.3, -0.25) is 9.59 Å². The molecule has 0 heterocycles. The predicted molar refractivity (Wildman–Crippen MR) is 122 cm³/mol. The summed E-state index contributed by atoms with van der Waals surface area (Å²) in [5, 5.41) is 20.3. The number of hydrogen-bond acceptors (Lipinski definition) is 6. The van der Waals surface area contributed by atoms with E-state index in [1.54, 1.807) is 74.9 Å². The van der Waals surface area contributed by atoms with Gasteiger partial charge in [-0.2, -0.15) is 0 Å². The fraction of sp³-hybridized carbons (Fsp3) is 0.0769. The van der Waals surface area contributed by atoms with E-state index in [1.165, 1.54) is 18.2 Å². The third-order valence-electron chi connectivity index (χ3n) is 4.69. The van der Waals surface area contributed by atoms with Crippen molar-refractivity contribution in [2.24, 2.45) is 0 Å². The van der Waals surface area contributed by atoms with Gasteiger partial charge in [-0.15, -0.1) is 0 Å². The van der Waals surface area contributed by atoms with Crippen LogP contribution in [0.25, 0.3) is 12.2 Å². The predicted octanol–water partition coefficient (Wildman–Crippen LogP) is 4.91. The first-order valence-corrected chi connectivity index (χ1v) is 9.70. The molecular formula is C26H22O6. The highest BCUT2D eigenvalue weighted by Crippen LogP contribution is 2.29. The first-order valence-electron chi connectivity index (χ1n) is 9.70. The van der Waals surface area contributed by atoms with E-state index in [2.05, 4.69) is 0 Å². The SMILES string of the molecule is COc1cccc(C=CC(=O)c2cc(C(=O)C=Cc3cccc(OC)c3)c(O)cc2O)c1. The quantitative estimate of drug-likeness (QED) is 0.390. The Hall–Kier alpha value is -4.32. The zero-order valence-electron chi connectivity index (χ0n) is 17.6. The standard InChI is InChI=1S/C26H22O6/c1-31-19-7-3-5-17(13-19)9-11-23(27)21-15-22(26(30)16-25(21)29)24(28)12-10-18-6-4-8-20(14-18)32-2/h3-16,29-30H,1-2H3. The number of phenolic OH excluding ortho intramolecular Hbond substituents is 2. The van der Waals surface area contributed by atoms with Crippen LogP contribution in [0.5, 0.6) is 23.0 Å². The molecule has 0 aliphatic carbocycles. The van der Waals surface area contributed by atoms with Crippen molar-refractivity contribution < 1.29 is 29.3 Å². The number of carbonyl (C=O) groups excluding carboxylic acids is 2. The Morgan fingerprint density at radius 2 is 1.12 bits per heavy atom. The third-order valence-corrected chi connectivity index (χ3v) is 4.69. The lowest BCUT2D eigenvalue weighted by molar-refractivity contribution is 0.104. The number of hydrogen-bond donors (Lipinski definition) is 2. The van der Waals surface area contributed by atoms with Crippen molar-refractivity contribution in [3.05, 3.63) is 95.1 Å². The first kappa shape index (κ1) is 22.4. The number of allylic oxidation sites excluding steroid dienone is 2. The van der Waals surface area contributed by atoms with E-state index in [0.717, 1.165) is 17.2 Å². The molecule has 3 rings (SSSR count). The van der Waals surface area contributed by atoms with Crippen LogP contribution in [0.4, 0.5) is 0 Å². The maximum absolute atomic E-state index is 12.6. The number of ether oxygens (including phenoxy) is 2. The largest absolute Gasteiger partial charge is 0.507 e. The highest BCUT2D eigenvalue weighted by molar-refractivity contribution is 6.13. The fourth-order valence-electron chi connectivity index (χ4n) is 2.99. The van der Waals surface area contributed by atoms with Crippen molar-refractivity contribution in [2.75, 3.05) is 14.2 Å². The van der Waals surface area contributed by atoms with E-state index in [9.17, 15) is 19.8 Å². The van der Waals surface area contributed by atoms with Crippen LogP contribution in [0.1, 0.15) is 31.8 Å². The number of benzene rings is 3. The minimum Gasteiger partial charge on any atom is -0.507 e. The molecule has 0 aromatic heterocycles. The van der Waals surface area contributed by atoms with E-state index >= 15 is 0 Å². The summed E-state index contributed by atoms with van der Waals surface area (Å²) < 4.78 is 10.3. The van der Waals surface area contributed by atoms with Crippen molar-refractivity contribution in [1.29, 1.82) is 0 Å². The van der Waals surface area contributed by atoms with Crippen molar-refractivity contribution in [1.82, 2.24) is 0 Å². The molecule has 0 amide bonds. The van der Waals surface area contributed by atoms with Crippen LogP contribution in [-0.2, 0) is 0 Å². The van der Waals surface area contributed by atoms with Gasteiger partial charge in [0, 0.05) is 6.07 Å². The van der Waals surface area contributed by atoms with Crippen LogP contribution in [0.15, 0.2) is 72.8 Å². The summed E-state index contributed by atoms with van der Waals surface area (Å²) in [5.41, 5.74) is 1.27. The molecule has 3 aromatic carbocycles. The van der Waals surface area contributed by atoms with Crippen molar-refractivity contribution >= 4 is 23.7 Å². The van der Waals surface area contributed by atoms with Gasteiger partial charge >= 0.3 is 0 Å². The summed E-state index contributed by atoms with van der Waals surface area (Å²) in [6.07, 6.45) is 5.70. The first-order chi connectivity index (χ1) is 15.4. The Kier molecular flexibility index (Phi) is 7.08. The van der Waals surface area contributed by atoms with Gasteiger partial charge in [-0.25, -0.2) is 0 Å². The molecule has 162 valence electrons. The molecule has 2 N–H and O–H groups in total. The van der Waals surface area contributed by atoms with E-state index in [4.69, 9.17) is 9.47 Å². The van der Waals surface area contributed by atoms with Crippen molar-refractivity contribution in [3.63, 3.8) is 0 Å². The molecule has 0 unspecified atom stereocenters. The zero-order valence-corrected chi connectivity index (χ0v) is 17.6. The molecule has 0 aliphatic rings. The number of phenols is 2. The van der Waals surface area contributed by atoms with Crippen LogP contribution in [-0.4, -0.2) is 36.0 Å². The number of methoxy groups -OCH3 is 2. The Morgan fingerprint density at radius 3 is 1.53 bits per heavy atom. The van der Waals surface area contributed by atoms with Gasteiger partial charge in [0.05, 0.1) is 25.3 Å². The summed E-state index contributed by atoms with van der Waals surface area (Å²) in [6.45, 7) is 0. The Morgan fingerprint density at radius 1 is 0.688 bits per heavy atom. The Bertz CT molecular complexity index is 1120. The summed E-state index contributed by atoms with van der Waals surface area (Å²) >= 11 is 0. The van der Waals surface area contributed by atoms with E-state index < -0.39 is 23.1 Å². The van der Waals surface area contributed by atoms with Crippen molar-refractivity contribution in [3.8, 4) is 23.0 Å². The van der Waals surface area contributed by atoms with Gasteiger partial charge in [0.25, 0.3) is 0 Å². The number of ketones is 2. The average molecular weight is 430 g/mol. The van der Waals surface area contributed by atoms with Crippen LogP contribution in [0.3, 0.4) is 0 Å². The average Bonchev–Trinajstić information content (AvgIpc) is 2.81. The molecule has 0 bridgehead atoms. The second kappa shape index (κ2) is 10.1. The number of carbonyl (C=O) groups is 2. The summed E-state index contributed by atoms with van der Waals surface area (Å²) in [6, 6.07) is 16.4. The molecule has 0 spiro atoms. The minimum absolute atomic E-state index is 0.0972. The topological polar surface area (TPSA) is 93.1 Å². The zero-order chi connectivity index (χ0) is 23.1. The van der Waals surface area contributed by atoms with Gasteiger partial charge in [0.2, 0.25) is 0 Å². The minimum atomic E-state index is -0.517. The van der Waals surface area contributed by atoms with Crippen molar-refractivity contribution in [2.45, 2.75) is 0 Å². The molecule has 32 heavy (non-hydrogen) atoms. The lowest BCUT2D eigenvalue weighted by atomic mass is 10.0. The Labute approximate surface area is 185 Å². The molecule has 0 aliphatic heterocycles. The molecule has 0 fully saturated rings. The van der Waals surface area contributed by atoms with E-state index in [1.807, 2.05) is 0 Å². The summed E-state index contributed by atoms with van der Waals surface area (Å²) in [5.74, 6) is -0.593. The van der Waals surface area contributed by atoms with Gasteiger partial charge in [-0.05, 0) is 53.6 Å². The summed E-state index contributed by atoms with van der Waals surface area (Å²) in [4.78, 5) is 25.3. The number of aromatic hydroxyl groups is 2. The lowest BCUT2D eigenvalue weighted by Crippen LogP contribution is -2.01. The molecule has 0 saturated heterocycles.